The Kier molecular flexibility index (Phi) is 5.64. The summed E-state index contributed by atoms with van der Waals surface area (Å²) in [4.78, 5) is 69.5. The molecule has 1 aromatic heterocycles. The van der Waals surface area contributed by atoms with Gasteiger partial charge in [0, 0.05) is 23.1 Å². The van der Waals surface area contributed by atoms with Crippen LogP contribution in [-0.2, 0) is 4.74 Å². The van der Waals surface area contributed by atoms with Crippen molar-refractivity contribution >= 4 is 40.3 Å². The number of Topliss-reactive ketones (excluding diaryl/α,β-unsaturated/α-hetero) is 2. The number of para-hydroxylation sites is 1. The number of nitrogens with zero attached hydrogens (tertiary/aromatic N) is 2. The molecule has 0 saturated carbocycles. The summed E-state index contributed by atoms with van der Waals surface area (Å²) in [5.74, 6) is -3.21. The van der Waals surface area contributed by atoms with Crippen molar-refractivity contribution in [1.82, 2.24) is 9.88 Å². The van der Waals surface area contributed by atoms with Gasteiger partial charge in [0.15, 0.2) is 11.6 Å². The van der Waals surface area contributed by atoms with Crippen LogP contribution in [0.25, 0.3) is 10.9 Å². The number of fused-ring (bicyclic) bond motifs is 3. The van der Waals surface area contributed by atoms with Crippen molar-refractivity contribution in [3.63, 3.8) is 0 Å². The van der Waals surface area contributed by atoms with Crippen LogP contribution in [0.1, 0.15) is 69.8 Å². The Bertz CT molecular complexity index is 1660. The third kappa shape index (κ3) is 3.78. The molecule has 0 saturated heterocycles. The quantitative estimate of drug-likeness (QED) is 0.167. The second-order valence-corrected chi connectivity index (χ2v) is 9.15. The van der Waals surface area contributed by atoms with Crippen molar-refractivity contribution in [1.29, 1.82) is 0 Å². The molecule has 1 aliphatic heterocycles. The molecule has 2 amide bonds. The van der Waals surface area contributed by atoms with Crippen LogP contribution >= 0.6 is 0 Å². The van der Waals surface area contributed by atoms with Crippen LogP contribution in [0.3, 0.4) is 0 Å². The molecule has 1 aliphatic carbocycles. The van der Waals surface area contributed by atoms with Crippen molar-refractivity contribution < 1.29 is 28.7 Å². The second-order valence-electron chi connectivity index (χ2n) is 9.15. The lowest BCUT2D eigenvalue weighted by molar-refractivity contribution is 0.0482. The number of ether oxygens (including phenoxy) is 1. The van der Waals surface area contributed by atoms with Crippen molar-refractivity contribution in [3.05, 3.63) is 112 Å². The highest BCUT2D eigenvalue weighted by atomic mass is 16.5. The summed E-state index contributed by atoms with van der Waals surface area (Å²) in [5, 5.41) is 0.902. The van der Waals surface area contributed by atoms with Gasteiger partial charge in [-0.2, -0.15) is 0 Å². The predicted molar refractivity (Wildman–Crippen MR) is 136 cm³/mol. The lowest BCUT2D eigenvalue weighted by Gasteiger charge is -2.13. The zero-order chi connectivity index (χ0) is 26.4. The molecule has 6 rings (SSSR count). The number of carbonyl (C=O) groups excluding carboxylic acids is 5. The Hall–Kier alpha value is -4.98. The van der Waals surface area contributed by atoms with Crippen LogP contribution in [0.15, 0.2) is 78.9 Å². The maximum Gasteiger partial charge on any atom is 0.338 e. The van der Waals surface area contributed by atoms with Crippen LogP contribution in [-0.4, -0.2) is 52.4 Å². The van der Waals surface area contributed by atoms with E-state index in [-0.39, 0.29) is 53.9 Å². The van der Waals surface area contributed by atoms with E-state index in [4.69, 9.17) is 4.74 Å². The zero-order valence-electron chi connectivity index (χ0n) is 20.0. The van der Waals surface area contributed by atoms with Gasteiger partial charge in [0.2, 0.25) is 0 Å². The number of imide groups is 1. The molecule has 186 valence electrons. The summed E-state index contributed by atoms with van der Waals surface area (Å²) in [6, 6.07) is 21.9. The van der Waals surface area contributed by atoms with E-state index in [1.807, 2.05) is 30.3 Å². The summed E-state index contributed by atoms with van der Waals surface area (Å²) in [5.41, 5.74) is 2.33. The maximum absolute atomic E-state index is 13.2. The first-order chi connectivity index (χ1) is 18.4. The fraction of sp³-hybridized carbons (Fsp3) is 0.133. The first-order valence-electron chi connectivity index (χ1n) is 12.1. The molecule has 0 fully saturated rings. The van der Waals surface area contributed by atoms with Gasteiger partial charge in [-0.15, -0.1) is 0 Å². The molecule has 2 heterocycles. The largest absolute Gasteiger partial charge is 0.462 e. The molecule has 4 aromatic rings. The molecule has 3 aromatic carbocycles. The average molecular weight is 504 g/mol. The Balaban J connectivity index is 1.11. The van der Waals surface area contributed by atoms with Gasteiger partial charge < -0.3 is 4.74 Å². The first kappa shape index (κ1) is 23.4. The number of carbonyl (C=O) groups is 5. The number of benzene rings is 3. The van der Waals surface area contributed by atoms with Crippen LogP contribution in [0, 0.1) is 0 Å². The highest BCUT2D eigenvalue weighted by Gasteiger charge is 2.41. The van der Waals surface area contributed by atoms with E-state index in [1.54, 1.807) is 30.3 Å². The second kappa shape index (κ2) is 9.15. The topological polar surface area (TPSA) is 111 Å². The fourth-order valence-corrected chi connectivity index (χ4v) is 4.94. The molecule has 38 heavy (non-hydrogen) atoms. The molecular weight excluding hydrogens is 484 g/mol. The lowest BCUT2D eigenvalue weighted by atomic mass is 9.98. The molecule has 2 aliphatic rings. The van der Waals surface area contributed by atoms with Gasteiger partial charge in [-0.05, 0) is 48.9 Å². The van der Waals surface area contributed by atoms with Gasteiger partial charge in [0.25, 0.3) is 11.8 Å². The molecule has 1 unspecified atom stereocenters. The predicted octanol–water partition coefficient (Wildman–Crippen LogP) is 4.24. The fourth-order valence-electron chi connectivity index (χ4n) is 4.94. The monoisotopic (exact) mass is 504 g/mol. The lowest BCUT2D eigenvalue weighted by Crippen LogP contribution is -2.31. The summed E-state index contributed by atoms with van der Waals surface area (Å²) < 4.78 is 5.32. The van der Waals surface area contributed by atoms with Gasteiger partial charge in [0.05, 0.1) is 34.5 Å². The average Bonchev–Trinajstić information content (AvgIpc) is 3.34. The zero-order valence-corrected chi connectivity index (χ0v) is 20.0. The normalized spacial score (nSPS) is 16.2. The van der Waals surface area contributed by atoms with Crippen molar-refractivity contribution in [2.75, 3.05) is 13.2 Å². The number of amides is 2. The van der Waals surface area contributed by atoms with E-state index in [0.29, 0.717) is 22.3 Å². The molecule has 0 N–H and O–H groups in total. The van der Waals surface area contributed by atoms with Crippen LogP contribution in [0.2, 0.25) is 0 Å². The van der Waals surface area contributed by atoms with Crippen molar-refractivity contribution in [2.45, 2.75) is 12.3 Å². The van der Waals surface area contributed by atoms with E-state index in [9.17, 15) is 24.0 Å². The third-order valence-corrected chi connectivity index (χ3v) is 6.86. The van der Waals surface area contributed by atoms with Crippen molar-refractivity contribution in [3.8, 4) is 0 Å². The van der Waals surface area contributed by atoms with Crippen LogP contribution in [0.4, 0.5) is 0 Å². The SMILES string of the molecule is O=C(OCCCN1C(=O)c2ccccc2C1=O)c1ccc2c(c1)C(=O)C(c1ccc3ccccc3n1)C2=O. The molecule has 8 nitrogen and oxygen atoms in total. The van der Waals surface area contributed by atoms with Gasteiger partial charge >= 0.3 is 5.97 Å². The number of esters is 1. The minimum absolute atomic E-state index is 0.0279. The van der Waals surface area contributed by atoms with Gasteiger partial charge in [0.1, 0.15) is 5.92 Å². The number of pyridine rings is 1. The first-order valence-corrected chi connectivity index (χ1v) is 12.1. The number of aromatic nitrogens is 1. The molecular formula is C30H20N2O6. The Morgan fingerprint density at radius 3 is 2.21 bits per heavy atom. The molecule has 1 atom stereocenters. The van der Waals surface area contributed by atoms with Crippen LogP contribution < -0.4 is 0 Å². The standard InChI is InChI=1S/C30H20N2O6/c33-26-19-12-10-18(16-22(19)27(34)25(26)24-13-11-17-6-1-4-9-23(17)31-24)30(37)38-15-5-14-32-28(35)20-7-2-3-8-21(20)29(32)36/h1-4,6-13,16,25H,5,14-15H2. The highest BCUT2D eigenvalue weighted by Crippen LogP contribution is 2.34. The third-order valence-electron chi connectivity index (χ3n) is 6.86. The molecule has 0 radical (unpaired) electrons. The summed E-state index contributed by atoms with van der Waals surface area (Å²) in [7, 11) is 0. The van der Waals surface area contributed by atoms with E-state index in [1.165, 1.54) is 18.2 Å². The van der Waals surface area contributed by atoms with Gasteiger partial charge in [-0.25, -0.2) is 4.79 Å². The van der Waals surface area contributed by atoms with E-state index in [0.717, 1.165) is 10.3 Å². The van der Waals surface area contributed by atoms with Crippen molar-refractivity contribution in [2.24, 2.45) is 0 Å². The molecule has 0 bridgehead atoms. The summed E-state index contributed by atoms with van der Waals surface area (Å²) >= 11 is 0. The minimum atomic E-state index is -1.06. The smallest absolute Gasteiger partial charge is 0.338 e. The summed E-state index contributed by atoms with van der Waals surface area (Å²) in [6.45, 7) is 0.0804. The number of hydrogen-bond donors (Lipinski definition) is 0. The van der Waals surface area contributed by atoms with E-state index < -0.39 is 17.7 Å². The Morgan fingerprint density at radius 1 is 0.763 bits per heavy atom. The van der Waals surface area contributed by atoms with Gasteiger partial charge in [-0.3, -0.25) is 29.1 Å². The highest BCUT2D eigenvalue weighted by molar-refractivity contribution is 6.30. The van der Waals surface area contributed by atoms with Crippen LogP contribution in [0.5, 0.6) is 0 Å². The Labute approximate surface area is 216 Å². The summed E-state index contributed by atoms with van der Waals surface area (Å²) in [6.07, 6.45) is 0.259. The van der Waals surface area contributed by atoms with Gasteiger partial charge in [-0.1, -0.05) is 36.4 Å². The number of rotatable bonds is 6. The number of hydrogen-bond acceptors (Lipinski definition) is 7. The number of ketones is 2. The Morgan fingerprint density at radius 2 is 1.45 bits per heavy atom. The van der Waals surface area contributed by atoms with E-state index >= 15 is 0 Å². The van der Waals surface area contributed by atoms with E-state index in [2.05, 4.69) is 4.98 Å². The molecule has 8 heteroatoms. The molecule has 0 spiro atoms. The minimum Gasteiger partial charge on any atom is -0.462 e. The maximum atomic E-state index is 13.2.